The molecule has 1 unspecified atom stereocenters. The number of allylic oxidation sites excluding steroid dienone is 1. The number of hydrogen-bond donors (Lipinski definition) is 2. The van der Waals surface area contributed by atoms with Crippen LogP contribution in [0.2, 0.25) is 0 Å². The summed E-state index contributed by atoms with van der Waals surface area (Å²) in [4.78, 5) is 3.40. The first-order chi connectivity index (χ1) is 8.18. The molecule has 0 aliphatic rings. The van der Waals surface area contributed by atoms with Gasteiger partial charge in [-0.3, -0.25) is 0 Å². The summed E-state index contributed by atoms with van der Waals surface area (Å²) in [6, 6.07) is 8.69. The van der Waals surface area contributed by atoms with Crippen LogP contribution < -0.4 is 5.73 Å². The van der Waals surface area contributed by atoms with Gasteiger partial charge in [0.05, 0.1) is 0 Å². The van der Waals surface area contributed by atoms with E-state index in [-0.39, 0.29) is 6.04 Å². The molecule has 90 valence electrons. The summed E-state index contributed by atoms with van der Waals surface area (Å²) in [6.07, 6.45) is 6.50. The van der Waals surface area contributed by atoms with Crippen LogP contribution in [0.1, 0.15) is 31.0 Å². The van der Waals surface area contributed by atoms with Crippen molar-refractivity contribution in [3.05, 3.63) is 41.6 Å². The van der Waals surface area contributed by atoms with E-state index in [1.54, 1.807) is 0 Å². The van der Waals surface area contributed by atoms with E-state index in [1.165, 1.54) is 22.2 Å². The molecule has 2 rings (SSSR count). The number of fused-ring (bicyclic) bond motifs is 1. The highest BCUT2D eigenvalue weighted by molar-refractivity contribution is 5.90. The zero-order valence-electron chi connectivity index (χ0n) is 10.5. The van der Waals surface area contributed by atoms with Crippen LogP contribution in [-0.2, 0) is 0 Å². The fourth-order valence-electron chi connectivity index (χ4n) is 2.07. The molecule has 1 aromatic carbocycles. The normalized spacial score (nSPS) is 13.6. The van der Waals surface area contributed by atoms with Gasteiger partial charge in [-0.1, -0.05) is 30.4 Å². The average molecular weight is 228 g/mol. The number of nitrogens with two attached hydrogens (primary N) is 1. The molecule has 2 nitrogen and oxygen atoms in total. The summed E-state index contributed by atoms with van der Waals surface area (Å²) >= 11 is 0. The predicted octanol–water partition coefficient (Wildman–Crippen LogP) is 3.62. The highest BCUT2D eigenvalue weighted by atomic mass is 14.7. The molecule has 0 saturated heterocycles. The third-order valence-corrected chi connectivity index (χ3v) is 3.02. The van der Waals surface area contributed by atoms with E-state index >= 15 is 0 Å². The fourth-order valence-corrected chi connectivity index (χ4v) is 2.07. The van der Waals surface area contributed by atoms with E-state index in [1.807, 2.05) is 6.92 Å². The van der Waals surface area contributed by atoms with Crippen molar-refractivity contribution in [2.24, 2.45) is 5.73 Å². The second kappa shape index (κ2) is 5.19. The molecule has 3 N–H and O–H groups in total. The Kier molecular flexibility index (Phi) is 3.64. The minimum absolute atomic E-state index is 0.281. The van der Waals surface area contributed by atoms with Gasteiger partial charge in [-0.2, -0.15) is 0 Å². The molecule has 0 saturated carbocycles. The molecular weight excluding hydrogens is 208 g/mol. The molecule has 0 fully saturated rings. The molecule has 0 bridgehead atoms. The molecule has 2 heteroatoms. The molecule has 0 spiro atoms. The van der Waals surface area contributed by atoms with Crippen molar-refractivity contribution in [1.82, 2.24) is 4.98 Å². The van der Waals surface area contributed by atoms with Crippen molar-refractivity contribution >= 4 is 17.0 Å². The standard InChI is InChI=1S/C15H20N2/c1-11(16)7-3-4-8-13-12(2)17-15-10-6-5-9-14(13)15/h4-6,8-11,17H,3,7,16H2,1-2H3/b8-4+. The van der Waals surface area contributed by atoms with Gasteiger partial charge in [-0.25, -0.2) is 0 Å². The zero-order valence-corrected chi connectivity index (χ0v) is 10.5. The molecule has 0 aliphatic heterocycles. The number of hydrogen-bond acceptors (Lipinski definition) is 1. The molecule has 0 aliphatic carbocycles. The number of aromatic nitrogens is 1. The number of aryl methyl sites for hydroxylation is 1. The van der Waals surface area contributed by atoms with Gasteiger partial charge in [0.15, 0.2) is 0 Å². The summed E-state index contributed by atoms with van der Waals surface area (Å²) in [5.41, 5.74) is 9.46. The SMILES string of the molecule is Cc1[nH]c2ccccc2c1/C=C/CCC(C)N. The highest BCUT2D eigenvalue weighted by Crippen LogP contribution is 2.23. The quantitative estimate of drug-likeness (QED) is 0.824. The molecule has 1 atom stereocenters. The summed E-state index contributed by atoms with van der Waals surface area (Å²) < 4.78 is 0. The van der Waals surface area contributed by atoms with Crippen molar-refractivity contribution < 1.29 is 0 Å². The molecule has 17 heavy (non-hydrogen) atoms. The second-order valence-electron chi connectivity index (χ2n) is 4.67. The number of H-pyrrole nitrogens is 1. The van der Waals surface area contributed by atoms with Crippen LogP contribution in [0.25, 0.3) is 17.0 Å². The Balaban J connectivity index is 2.20. The van der Waals surface area contributed by atoms with Crippen LogP contribution in [0.15, 0.2) is 30.3 Å². The first-order valence-electron chi connectivity index (χ1n) is 6.18. The van der Waals surface area contributed by atoms with Gasteiger partial charge in [0.25, 0.3) is 0 Å². The maximum atomic E-state index is 5.73. The summed E-state index contributed by atoms with van der Waals surface area (Å²) in [5.74, 6) is 0. The highest BCUT2D eigenvalue weighted by Gasteiger charge is 2.03. The van der Waals surface area contributed by atoms with Crippen LogP contribution >= 0.6 is 0 Å². The topological polar surface area (TPSA) is 41.8 Å². The molecule has 1 aromatic heterocycles. The van der Waals surface area contributed by atoms with Crippen molar-refractivity contribution in [3.63, 3.8) is 0 Å². The van der Waals surface area contributed by atoms with Gasteiger partial charge in [-0.15, -0.1) is 0 Å². The van der Waals surface area contributed by atoms with Crippen LogP contribution in [-0.4, -0.2) is 11.0 Å². The third-order valence-electron chi connectivity index (χ3n) is 3.02. The predicted molar refractivity (Wildman–Crippen MR) is 75.0 cm³/mol. The van der Waals surface area contributed by atoms with E-state index in [2.05, 4.69) is 48.3 Å². The molecule has 1 heterocycles. The number of nitrogens with one attached hydrogen (secondary N) is 1. The molecular formula is C15H20N2. The summed E-state index contributed by atoms with van der Waals surface area (Å²) in [6.45, 7) is 4.16. The Morgan fingerprint density at radius 1 is 1.35 bits per heavy atom. The van der Waals surface area contributed by atoms with Gasteiger partial charge in [-0.05, 0) is 32.8 Å². The van der Waals surface area contributed by atoms with Gasteiger partial charge in [0.2, 0.25) is 0 Å². The Morgan fingerprint density at radius 3 is 2.88 bits per heavy atom. The van der Waals surface area contributed by atoms with Crippen molar-refractivity contribution in [3.8, 4) is 0 Å². The van der Waals surface area contributed by atoms with Gasteiger partial charge < -0.3 is 10.7 Å². The lowest BCUT2D eigenvalue weighted by Gasteiger charge is -1.99. The van der Waals surface area contributed by atoms with E-state index in [0.717, 1.165) is 12.8 Å². The largest absolute Gasteiger partial charge is 0.358 e. The van der Waals surface area contributed by atoms with Gasteiger partial charge in [0, 0.05) is 28.2 Å². The smallest absolute Gasteiger partial charge is 0.0462 e. The maximum absolute atomic E-state index is 5.73. The Hall–Kier alpha value is -1.54. The maximum Gasteiger partial charge on any atom is 0.0462 e. The number of para-hydroxylation sites is 1. The Morgan fingerprint density at radius 2 is 2.12 bits per heavy atom. The number of aromatic amines is 1. The second-order valence-corrected chi connectivity index (χ2v) is 4.67. The van der Waals surface area contributed by atoms with Crippen LogP contribution in [0.5, 0.6) is 0 Å². The number of benzene rings is 1. The summed E-state index contributed by atoms with van der Waals surface area (Å²) in [7, 11) is 0. The lowest BCUT2D eigenvalue weighted by Crippen LogP contribution is -2.13. The minimum atomic E-state index is 0.281. The zero-order chi connectivity index (χ0) is 12.3. The Labute approximate surface area is 103 Å². The first kappa shape index (κ1) is 11.9. The number of rotatable bonds is 4. The lowest BCUT2D eigenvalue weighted by molar-refractivity contribution is 0.677. The van der Waals surface area contributed by atoms with Crippen molar-refractivity contribution in [2.75, 3.05) is 0 Å². The van der Waals surface area contributed by atoms with Crippen molar-refractivity contribution in [2.45, 2.75) is 32.7 Å². The van der Waals surface area contributed by atoms with E-state index < -0.39 is 0 Å². The van der Waals surface area contributed by atoms with E-state index in [4.69, 9.17) is 5.73 Å². The van der Waals surface area contributed by atoms with Gasteiger partial charge in [0.1, 0.15) is 0 Å². The van der Waals surface area contributed by atoms with E-state index in [9.17, 15) is 0 Å². The van der Waals surface area contributed by atoms with E-state index in [0.29, 0.717) is 0 Å². The minimum Gasteiger partial charge on any atom is -0.358 e. The van der Waals surface area contributed by atoms with Crippen LogP contribution in [0.3, 0.4) is 0 Å². The monoisotopic (exact) mass is 228 g/mol. The first-order valence-corrected chi connectivity index (χ1v) is 6.18. The summed E-state index contributed by atoms with van der Waals surface area (Å²) in [5, 5.41) is 1.29. The molecule has 0 radical (unpaired) electrons. The van der Waals surface area contributed by atoms with Crippen molar-refractivity contribution in [1.29, 1.82) is 0 Å². The fraction of sp³-hybridized carbons (Fsp3) is 0.333. The lowest BCUT2D eigenvalue weighted by atomic mass is 10.1. The third kappa shape index (κ3) is 2.77. The average Bonchev–Trinajstić information content (AvgIpc) is 2.60. The van der Waals surface area contributed by atoms with Gasteiger partial charge >= 0.3 is 0 Å². The van der Waals surface area contributed by atoms with Crippen LogP contribution in [0, 0.1) is 6.92 Å². The van der Waals surface area contributed by atoms with Crippen LogP contribution in [0.4, 0.5) is 0 Å². The molecule has 2 aromatic rings. The Bertz CT molecular complexity index is 521. The molecule has 0 amide bonds.